The molecule has 0 aliphatic carbocycles. The van der Waals surface area contributed by atoms with Crippen LogP contribution in [0.1, 0.15) is 0 Å². The van der Waals surface area contributed by atoms with Gasteiger partial charge in [-0.25, -0.2) is 0 Å². The van der Waals surface area contributed by atoms with E-state index in [2.05, 4.69) is 4.98 Å². The Hall–Kier alpha value is -1.75. The zero-order chi connectivity index (χ0) is 12.3. The van der Waals surface area contributed by atoms with Gasteiger partial charge in [0, 0.05) is 11.8 Å². The molecule has 1 aromatic carbocycles. The van der Waals surface area contributed by atoms with Crippen LogP contribution in [0.3, 0.4) is 0 Å². The number of methoxy groups -OCH3 is 3. The van der Waals surface area contributed by atoms with Gasteiger partial charge in [0.2, 0.25) is 5.75 Å². The molecule has 1 heterocycles. The first kappa shape index (κ1) is 11.7. The SMILES string of the molecule is COc1ccc(-c2cncs2)c(OC)c1OC. The fourth-order valence-corrected chi connectivity index (χ4v) is 2.29. The van der Waals surface area contributed by atoms with Crippen molar-refractivity contribution in [2.45, 2.75) is 0 Å². The van der Waals surface area contributed by atoms with Gasteiger partial charge in [0.15, 0.2) is 11.5 Å². The molecule has 0 spiro atoms. The second kappa shape index (κ2) is 5.05. The van der Waals surface area contributed by atoms with Gasteiger partial charge in [-0.3, -0.25) is 4.98 Å². The number of hydrogen-bond donors (Lipinski definition) is 0. The number of benzene rings is 1. The minimum absolute atomic E-state index is 0.598. The van der Waals surface area contributed by atoms with E-state index in [0.29, 0.717) is 17.2 Å². The Kier molecular flexibility index (Phi) is 3.49. The number of hydrogen-bond acceptors (Lipinski definition) is 5. The van der Waals surface area contributed by atoms with Crippen molar-refractivity contribution < 1.29 is 14.2 Å². The van der Waals surface area contributed by atoms with Crippen LogP contribution in [0.25, 0.3) is 10.4 Å². The van der Waals surface area contributed by atoms with Crippen LogP contribution in [-0.4, -0.2) is 26.3 Å². The summed E-state index contributed by atoms with van der Waals surface area (Å²) in [7, 11) is 4.81. The van der Waals surface area contributed by atoms with E-state index in [0.717, 1.165) is 10.4 Å². The second-order valence-electron chi connectivity index (χ2n) is 3.25. The van der Waals surface area contributed by atoms with Crippen LogP contribution in [0, 0.1) is 0 Å². The van der Waals surface area contributed by atoms with E-state index in [1.165, 1.54) is 0 Å². The summed E-state index contributed by atoms with van der Waals surface area (Å²) >= 11 is 1.55. The third-order valence-corrected chi connectivity index (χ3v) is 3.21. The van der Waals surface area contributed by atoms with Gasteiger partial charge < -0.3 is 14.2 Å². The molecule has 0 aliphatic rings. The fourth-order valence-electron chi connectivity index (χ4n) is 1.64. The molecule has 1 aromatic heterocycles. The Morgan fingerprint density at radius 3 is 2.29 bits per heavy atom. The van der Waals surface area contributed by atoms with Crippen LogP contribution in [0.2, 0.25) is 0 Å². The van der Waals surface area contributed by atoms with Crippen molar-refractivity contribution in [2.24, 2.45) is 0 Å². The highest BCUT2D eigenvalue weighted by Crippen LogP contribution is 2.44. The predicted molar refractivity (Wildman–Crippen MR) is 67.2 cm³/mol. The summed E-state index contributed by atoms with van der Waals surface area (Å²) in [5.41, 5.74) is 2.73. The van der Waals surface area contributed by atoms with Crippen LogP contribution in [0.5, 0.6) is 17.2 Å². The largest absolute Gasteiger partial charge is 0.493 e. The average molecular weight is 251 g/mol. The van der Waals surface area contributed by atoms with Crippen molar-refractivity contribution in [3.8, 4) is 27.7 Å². The lowest BCUT2D eigenvalue weighted by Crippen LogP contribution is -1.96. The Morgan fingerprint density at radius 2 is 1.76 bits per heavy atom. The van der Waals surface area contributed by atoms with Gasteiger partial charge in [-0.2, -0.15) is 0 Å². The van der Waals surface area contributed by atoms with E-state index < -0.39 is 0 Å². The highest BCUT2D eigenvalue weighted by atomic mass is 32.1. The van der Waals surface area contributed by atoms with Gasteiger partial charge in [0.1, 0.15) is 0 Å². The molecule has 0 aliphatic heterocycles. The molecule has 5 heteroatoms. The molecule has 0 saturated carbocycles. The quantitative estimate of drug-likeness (QED) is 0.837. The van der Waals surface area contributed by atoms with Crippen molar-refractivity contribution in [3.05, 3.63) is 23.8 Å². The summed E-state index contributed by atoms with van der Waals surface area (Å²) in [5.74, 6) is 1.91. The third kappa shape index (κ3) is 2.06. The lowest BCUT2D eigenvalue weighted by molar-refractivity contribution is 0.325. The van der Waals surface area contributed by atoms with Crippen molar-refractivity contribution in [2.75, 3.05) is 21.3 Å². The first-order valence-corrected chi connectivity index (χ1v) is 5.87. The van der Waals surface area contributed by atoms with Gasteiger partial charge in [-0.15, -0.1) is 11.3 Å². The summed E-state index contributed by atoms with van der Waals surface area (Å²) in [6, 6.07) is 3.80. The Labute approximate surface area is 104 Å². The number of ether oxygens (including phenoxy) is 3. The molecule has 90 valence electrons. The Balaban J connectivity index is 2.61. The molecule has 2 rings (SSSR count). The predicted octanol–water partition coefficient (Wildman–Crippen LogP) is 2.84. The summed E-state index contributed by atoms with van der Waals surface area (Å²) in [6.45, 7) is 0. The van der Waals surface area contributed by atoms with Crippen molar-refractivity contribution in [3.63, 3.8) is 0 Å². The van der Waals surface area contributed by atoms with Crippen LogP contribution < -0.4 is 14.2 Å². The van der Waals surface area contributed by atoms with Crippen LogP contribution in [-0.2, 0) is 0 Å². The summed E-state index contributed by atoms with van der Waals surface area (Å²) in [5, 5.41) is 0. The topological polar surface area (TPSA) is 40.6 Å². The van der Waals surface area contributed by atoms with Crippen LogP contribution in [0.4, 0.5) is 0 Å². The monoisotopic (exact) mass is 251 g/mol. The smallest absolute Gasteiger partial charge is 0.203 e. The number of rotatable bonds is 4. The molecule has 0 fully saturated rings. The van der Waals surface area contributed by atoms with E-state index in [1.54, 1.807) is 44.4 Å². The molecular formula is C12H13NO3S. The average Bonchev–Trinajstić information content (AvgIpc) is 2.90. The van der Waals surface area contributed by atoms with Gasteiger partial charge in [0.25, 0.3) is 0 Å². The summed E-state index contributed by atoms with van der Waals surface area (Å²) in [4.78, 5) is 5.09. The van der Waals surface area contributed by atoms with E-state index in [9.17, 15) is 0 Å². The zero-order valence-electron chi connectivity index (χ0n) is 9.89. The summed E-state index contributed by atoms with van der Waals surface area (Å²) in [6.07, 6.45) is 1.80. The molecule has 0 N–H and O–H groups in total. The number of nitrogens with zero attached hydrogens (tertiary/aromatic N) is 1. The van der Waals surface area contributed by atoms with Crippen LogP contribution in [0.15, 0.2) is 23.8 Å². The molecule has 0 saturated heterocycles. The second-order valence-corrected chi connectivity index (χ2v) is 4.13. The van der Waals surface area contributed by atoms with E-state index in [-0.39, 0.29) is 0 Å². The lowest BCUT2D eigenvalue weighted by Gasteiger charge is -2.14. The highest BCUT2D eigenvalue weighted by molar-refractivity contribution is 7.13. The Bertz CT molecular complexity index is 497. The molecule has 0 bridgehead atoms. The number of aromatic nitrogens is 1. The van der Waals surface area contributed by atoms with Crippen molar-refractivity contribution in [1.29, 1.82) is 0 Å². The maximum Gasteiger partial charge on any atom is 0.203 e. The molecule has 0 radical (unpaired) electrons. The first-order valence-electron chi connectivity index (χ1n) is 4.99. The fraction of sp³-hybridized carbons (Fsp3) is 0.250. The van der Waals surface area contributed by atoms with Crippen molar-refractivity contribution in [1.82, 2.24) is 4.98 Å². The standard InChI is InChI=1S/C12H13NO3S/c1-14-9-5-4-8(10-6-13-7-17-10)11(15-2)12(9)16-3/h4-7H,1-3H3. The first-order chi connectivity index (χ1) is 8.31. The van der Waals surface area contributed by atoms with Gasteiger partial charge in [-0.05, 0) is 12.1 Å². The maximum absolute atomic E-state index is 5.41. The van der Waals surface area contributed by atoms with E-state index in [4.69, 9.17) is 14.2 Å². The van der Waals surface area contributed by atoms with Gasteiger partial charge in [0.05, 0.1) is 31.7 Å². The minimum atomic E-state index is 0.598. The minimum Gasteiger partial charge on any atom is -0.493 e. The summed E-state index contributed by atoms with van der Waals surface area (Å²) < 4.78 is 16.0. The molecule has 0 atom stereocenters. The van der Waals surface area contributed by atoms with Gasteiger partial charge in [-0.1, -0.05) is 0 Å². The molecule has 0 amide bonds. The molecule has 4 nitrogen and oxygen atoms in total. The molecule has 2 aromatic rings. The van der Waals surface area contributed by atoms with Crippen LogP contribution >= 0.6 is 11.3 Å². The lowest BCUT2D eigenvalue weighted by atomic mass is 10.1. The van der Waals surface area contributed by atoms with Crippen molar-refractivity contribution >= 4 is 11.3 Å². The third-order valence-electron chi connectivity index (χ3n) is 2.40. The number of thiazole rings is 1. The Morgan fingerprint density at radius 1 is 1.00 bits per heavy atom. The maximum atomic E-state index is 5.41. The zero-order valence-corrected chi connectivity index (χ0v) is 10.7. The van der Waals surface area contributed by atoms with E-state index in [1.807, 2.05) is 12.1 Å². The normalized spacial score (nSPS) is 10.1. The van der Waals surface area contributed by atoms with Gasteiger partial charge >= 0.3 is 0 Å². The molecule has 17 heavy (non-hydrogen) atoms. The molecular weight excluding hydrogens is 238 g/mol. The van der Waals surface area contributed by atoms with E-state index >= 15 is 0 Å². The highest BCUT2D eigenvalue weighted by Gasteiger charge is 2.17. The molecule has 0 unspecified atom stereocenters.